The number of halogens is 1. The van der Waals surface area contributed by atoms with E-state index in [0.717, 1.165) is 40.1 Å². The molecule has 1 aliphatic heterocycles. The van der Waals surface area contributed by atoms with Gasteiger partial charge in [0.05, 0.1) is 5.25 Å². The van der Waals surface area contributed by atoms with Crippen LogP contribution in [0.5, 0.6) is 0 Å². The smallest absolute Gasteiger partial charge is 0.228 e. The summed E-state index contributed by atoms with van der Waals surface area (Å²) in [6.45, 7) is 6.37. The fourth-order valence-corrected chi connectivity index (χ4v) is 4.74. The molecule has 0 bridgehead atoms. The lowest BCUT2D eigenvalue weighted by Gasteiger charge is -2.31. The van der Waals surface area contributed by atoms with E-state index in [4.69, 9.17) is 0 Å². The minimum absolute atomic E-state index is 0.131. The Morgan fingerprint density at radius 2 is 1.81 bits per heavy atom. The predicted octanol–water partition coefficient (Wildman–Crippen LogP) is 4.98. The van der Waals surface area contributed by atoms with Crippen molar-refractivity contribution in [3.63, 3.8) is 0 Å². The van der Waals surface area contributed by atoms with Crippen LogP contribution < -0.4 is 4.90 Å². The molecule has 1 saturated heterocycles. The van der Waals surface area contributed by atoms with Crippen LogP contribution in [0.3, 0.4) is 0 Å². The molecule has 1 saturated carbocycles. The summed E-state index contributed by atoms with van der Waals surface area (Å²) >= 11 is 4.95. The molecule has 2 heterocycles. The van der Waals surface area contributed by atoms with E-state index in [1.54, 1.807) is 0 Å². The summed E-state index contributed by atoms with van der Waals surface area (Å²) in [6, 6.07) is 8.05. The molecule has 2 fully saturated rings. The number of carbonyl (C=O) groups is 1. The topological polar surface area (TPSA) is 51.0 Å². The van der Waals surface area contributed by atoms with Crippen molar-refractivity contribution in [1.82, 2.24) is 14.8 Å². The number of thioether (sulfide) groups is 1. The fourth-order valence-electron chi connectivity index (χ4n) is 3.49. The van der Waals surface area contributed by atoms with E-state index in [0.29, 0.717) is 6.04 Å². The first-order valence-electron chi connectivity index (χ1n) is 9.69. The van der Waals surface area contributed by atoms with Gasteiger partial charge in [-0.05, 0) is 50.7 Å². The second-order valence-electron chi connectivity index (χ2n) is 7.68. The van der Waals surface area contributed by atoms with Crippen LogP contribution in [0.25, 0.3) is 0 Å². The van der Waals surface area contributed by atoms with Gasteiger partial charge in [0.1, 0.15) is 0 Å². The van der Waals surface area contributed by atoms with Gasteiger partial charge in [-0.3, -0.25) is 9.36 Å². The molecular formula is C20H25BrN4OS. The number of carbonyl (C=O) groups excluding carboxylic acids is 1. The SMILES string of the molecule is CC1CCN(c2nnc(SC(C)C(=O)c3ccc(Br)cc3)n2C2CC2)CC1. The molecule has 144 valence electrons. The standard InChI is InChI=1S/C20H25BrN4OS/c1-13-9-11-24(12-10-13)19-22-23-20(25(19)17-7-8-17)27-14(2)18(26)15-3-5-16(21)6-4-15/h3-6,13-14,17H,7-12H2,1-2H3. The molecule has 7 heteroatoms. The monoisotopic (exact) mass is 448 g/mol. The Morgan fingerprint density at radius 3 is 2.44 bits per heavy atom. The second-order valence-corrected chi connectivity index (χ2v) is 9.91. The van der Waals surface area contributed by atoms with Gasteiger partial charge in [0.15, 0.2) is 10.9 Å². The number of benzene rings is 1. The molecule has 1 aliphatic carbocycles. The Morgan fingerprint density at radius 1 is 1.15 bits per heavy atom. The van der Waals surface area contributed by atoms with Gasteiger partial charge in [-0.2, -0.15) is 0 Å². The zero-order valence-electron chi connectivity index (χ0n) is 15.8. The van der Waals surface area contributed by atoms with E-state index >= 15 is 0 Å². The molecular weight excluding hydrogens is 424 g/mol. The molecule has 4 rings (SSSR count). The van der Waals surface area contributed by atoms with Gasteiger partial charge in [0.25, 0.3) is 0 Å². The van der Waals surface area contributed by atoms with Crippen LogP contribution in [0.1, 0.15) is 55.9 Å². The van der Waals surface area contributed by atoms with Crippen LogP contribution in [-0.4, -0.2) is 38.9 Å². The van der Waals surface area contributed by atoms with Crippen molar-refractivity contribution in [3.05, 3.63) is 34.3 Å². The lowest BCUT2D eigenvalue weighted by molar-refractivity contribution is 0.0994. The normalized spacial score (nSPS) is 19.3. The number of hydrogen-bond donors (Lipinski definition) is 0. The van der Waals surface area contributed by atoms with Gasteiger partial charge < -0.3 is 4.90 Å². The van der Waals surface area contributed by atoms with Crippen LogP contribution in [0.4, 0.5) is 5.95 Å². The predicted molar refractivity (Wildman–Crippen MR) is 113 cm³/mol. The highest BCUT2D eigenvalue weighted by Crippen LogP contribution is 2.42. The van der Waals surface area contributed by atoms with Gasteiger partial charge in [-0.1, -0.05) is 46.7 Å². The lowest BCUT2D eigenvalue weighted by atomic mass is 10.00. The molecule has 2 aliphatic rings. The summed E-state index contributed by atoms with van der Waals surface area (Å²) in [5.41, 5.74) is 0.737. The van der Waals surface area contributed by atoms with Crippen LogP contribution >= 0.6 is 27.7 Å². The maximum atomic E-state index is 12.8. The highest BCUT2D eigenvalue weighted by atomic mass is 79.9. The number of nitrogens with zero attached hydrogens (tertiary/aromatic N) is 4. The molecule has 1 unspecified atom stereocenters. The summed E-state index contributed by atoms with van der Waals surface area (Å²) in [6.07, 6.45) is 4.77. The molecule has 0 spiro atoms. The molecule has 1 aromatic carbocycles. The Kier molecular flexibility index (Phi) is 5.60. The van der Waals surface area contributed by atoms with E-state index < -0.39 is 0 Å². The highest BCUT2D eigenvalue weighted by Gasteiger charge is 2.33. The third kappa shape index (κ3) is 4.24. The summed E-state index contributed by atoms with van der Waals surface area (Å²) < 4.78 is 3.26. The zero-order valence-corrected chi connectivity index (χ0v) is 18.2. The van der Waals surface area contributed by atoms with Gasteiger partial charge in [0, 0.05) is 29.2 Å². The summed E-state index contributed by atoms with van der Waals surface area (Å²) in [7, 11) is 0. The molecule has 1 aromatic heterocycles. The summed E-state index contributed by atoms with van der Waals surface area (Å²) in [4.78, 5) is 15.2. The lowest BCUT2D eigenvalue weighted by Crippen LogP contribution is -2.34. The van der Waals surface area contributed by atoms with Crippen molar-refractivity contribution in [2.75, 3.05) is 18.0 Å². The average Bonchev–Trinajstić information content (AvgIpc) is 3.43. The molecule has 0 amide bonds. The number of hydrogen-bond acceptors (Lipinski definition) is 5. The van der Waals surface area contributed by atoms with Gasteiger partial charge in [-0.25, -0.2) is 0 Å². The van der Waals surface area contributed by atoms with Crippen LogP contribution in [-0.2, 0) is 0 Å². The van der Waals surface area contributed by atoms with Crippen molar-refractivity contribution in [1.29, 1.82) is 0 Å². The minimum Gasteiger partial charge on any atom is -0.341 e. The number of piperidine rings is 1. The van der Waals surface area contributed by atoms with Gasteiger partial charge in [-0.15, -0.1) is 10.2 Å². The van der Waals surface area contributed by atoms with E-state index in [9.17, 15) is 4.79 Å². The van der Waals surface area contributed by atoms with Crippen molar-refractivity contribution in [2.24, 2.45) is 5.92 Å². The maximum absolute atomic E-state index is 12.8. The first-order valence-corrected chi connectivity index (χ1v) is 11.4. The number of Topliss-reactive ketones (excluding diaryl/α,β-unsaturated/α-hetero) is 1. The average molecular weight is 449 g/mol. The third-order valence-corrected chi connectivity index (χ3v) is 6.99. The van der Waals surface area contributed by atoms with Crippen LogP contribution in [0.2, 0.25) is 0 Å². The van der Waals surface area contributed by atoms with Gasteiger partial charge in [0.2, 0.25) is 5.95 Å². The Balaban J connectivity index is 1.51. The van der Waals surface area contributed by atoms with E-state index in [1.807, 2.05) is 31.2 Å². The summed E-state index contributed by atoms with van der Waals surface area (Å²) in [5, 5.41) is 9.69. The highest BCUT2D eigenvalue weighted by molar-refractivity contribution is 9.10. The number of rotatable bonds is 6. The largest absolute Gasteiger partial charge is 0.341 e. The van der Waals surface area contributed by atoms with Gasteiger partial charge >= 0.3 is 0 Å². The second kappa shape index (κ2) is 7.95. The Labute approximate surface area is 173 Å². The van der Waals surface area contributed by atoms with Crippen molar-refractivity contribution in [2.45, 2.75) is 56.0 Å². The van der Waals surface area contributed by atoms with E-state index in [2.05, 4.69) is 42.5 Å². The number of anilines is 1. The summed E-state index contributed by atoms with van der Waals surface area (Å²) in [5.74, 6) is 1.91. The zero-order chi connectivity index (χ0) is 19.0. The van der Waals surface area contributed by atoms with Crippen molar-refractivity contribution < 1.29 is 4.79 Å². The molecule has 27 heavy (non-hydrogen) atoms. The quantitative estimate of drug-likeness (QED) is 0.460. The molecule has 1 atom stereocenters. The van der Waals surface area contributed by atoms with E-state index in [-0.39, 0.29) is 11.0 Å². The van der Waals surface area contributed by atoms with Crippen molar-refractivity contribution in [3.8, 4) is 0 Å². The number of aromatic nitrogens is 3. The molecule has 2 aromatic rings. The maximum Gasteiger partial charge on any atom is 0.228 e. The fraction of sp³-hybridized carbons (Fsp3) is 0.550. The van der Waals surface area contributed by atoms with Crippen LogP contribution in [0, 0.1) is 5.92 Å². The molecule has 5 nitrogen and oxygen atoms in total. The first kappa shape index (κ1) is 19.0. The van der Waals surface area contributed by atoms with Crippen molar-refractivity contribution >= 4 is 39.4 Å². The van der Waals surface area contributed by atoms with Crippen LogP contribution in [0.15, 0.2) is 33.9 Å². The Hall–Kier alpha value is -1.34. The third-order valence-electron chi connectivity index (χ3n) is 5.41. The first-order chi connectivity index (χ1) is 13.0. The van der Waals surface area contributed by atoms with E-state index in [1.165, 1.54) is 37.4 Å². The number of ketones is 1. The molecule has 0 N–H and O–H groups in total. The molecule has 0 radical (unpaired) electrons. The minimum atomic E-state index is -0.192. The Bertz CT molecular complexity index is 810.